The molecule has 0 radical (unpaired) electrons. The topological polar surface area (TPSA) is 27.1 Å². The zero-order chi connectivity index (χ0) is 15.8. The van der Waals surface area contributed by atoms with Gasteiger partial charge in [-0.25, -0.2) is 4.98 Å². The van der Waals surface area contributed by atoms with Crippen molar-refractivity contribution in [3.8, 4) is 11.4 Å². The lowest BCUT2D eigenvalue weighted by Gasteiger charge is -2.13. The molecule has 0 saturated heterocycles. The van der Waals surface area contributed by atoms with E-state index >= 15 is 0 Å². The van der Waals surface area contributed by atoms with Gasteiger partial charge in [0.05, 0.1) is 4.47 Å². The highest BCUT2D eigenvalue weighted by Gasteiger charge is 2.36. The van der Waals surface area contributed by atoms with Crippen LogP contribution in [0, 0.1) is 0 Å². The van der Waals surface area contributed by atoms with Crippen LogP contribution in [-0.4, -0.2) is 15.9 Å². The normalized spacial score (nSPS) is 12.5. The molecular weight excluding hydrogens is 370 g/mol. The molecule has 1 aromatic heterocycles. The number of alkyl halides is 6. The summed E-state index contributed by atoms with van der Waals surface area (Å²) in [6.07, 6.45) is -7.58. The fourth-order valence-electron chi connectivity index (χ4n) is 1.57. The van der Waals surface area contributed by atoms with Crippen LogP contribution in [0.25, 0.3) is 5.69 Å². The van der Waals surface area contributed by atoms with Crippen molar-refractivity contribution in [1.29, 1.82) is 0 Å². The third kappa shape index (κ3) is 3.69. The first-order valence-electron chi connectivity index (χ1n) is 5.24. The van der Waals surface area contributed by atoms with E-state index in [2.05, 4.69) is 25.7 Å². The van der Waals surface area contributed by atoms with Gasteiger partial charge in [0, 0.05) is 18.1 Å². The Hall–Kier alpha value is -1.71. The molecule has 2 aromatic rings. The van der Waals surface area contributed by atoms with E-state index < -0.39 is 24.1 Å². The summed E-state index contributed by atoms with van der Waals surface area (Å²) < 4.78 is 78.7. The average molecular weight is 375 g/mol. The Labute approximate surface area is 122 Å². The van der Waals surface area contributed by atoms with Gasteiger partial charge in [0.2, 0.25) is 5.82 Å². The van der Waals surface area contributed by atoms with E-state index in [0.717, 1.165) is 30.6 Å². The van der Waals surface area contributed by atoms with Gasteiger partial charge in [-0.2, -0.15) is 13.2 Å². The van der Waals surface area contributed by atoms with Crippen molar-refractivity contribution in [2.75, 3.05) is 0 Å². The number of imidazole rings is 1. The Morgan fingerprint density at radius 3 is 2.29 bits per heavy atom. The minimum absolute atomic E-state index is 0.0128. The van der Waals surface area contributed by atoms with E-state index in [1.807, 2.05) is 0 Å². The van der Waals surface area contributed by atoms with Crippen LogP contribution in [0.1, 0.15) is 5.82 Å². The van der Waals surface area contributed by atoms with Crippen LogP contribution < -0.4 is 4.74 Å². The summed E-state index contributed by atoms with van der Waals surface area (Å²) in [5.41, 5.74) is -0.0128. The van der Waals surface area contributed by atoms with Gasteiger partial charge in [-0.1, -0.05) is 0 Å². The van der Waals surface area contributed by atoms with E-state index in [-0.39, 0.29) is 10.2 Å². The maximum atomic E-state index is 12.7. The van der Waals surface area contributed by atoms with Gasteiger partial charge < -0.3 is 4.74 Å². The summed E-state index contributed by atoms with van der Waals surface area (Å²) in [7, 11) is 0. The second-order valence-electron chi connectivity index (χ2n) is 3.78. The molecule has 1 heterocycles. The molecule has 114 valence electrons. The molecule has 2 rings (SSSR count). The summed E-state index contributed by atoms with van der Waals surface area (Å²) in [5, 5.41) is 0. The van der Waals surface area contributed by atoms with Crippen molar-refractivity contribution in [3.63, 3.8) is 0 Å². The molecule has 0 aliphatic carbocycles. The molecule has 10 heteroatoms. The third-order valence-electron chi connectivity index (χ3n) is 2.31. The lowest BCUT2D eigenvalue weighted by Crippen LogP contribution is -2.17. The van der Waals surface area contributed by atoms with E-state index in [0.29, 0.717) is 4.57 Å². The number of hydrogen-bond acceptors (Lipinski definition) is 2. The zero-order valence-electron chi connectivity index (χ0n) is 9.84. The summed E-state index contributed by atoms with van der Waals surface area (Å²) in [4.78, 5) is 3.19. The van der Waals surface area contributed by atoms with Crippen LogP contribution in [0.2, 0.25) is 0 Å². The van der Waals surface area contributed by atoms with Crippen LogP contribution in [0.5, 0.6) is 5.75 Å². The molecule has 0 amide bonds. The maximum Gasteiger partial charge on any atom is 0.573 e. The van der Waals surface area contributed by atoms with Gasteiger partial charge in [-0.15, -0.1) is 13.2 Å². The highest BCUT2D eigenvalue weighted by Crippen LogP contribution is 2.34. The van der Waals surface area contributed by atoms with Gasteiger partial charge in [-0.05, 0) is 34.1 Å². The SMILES string of the molecule is FC(F)(F)Oc1ccc(-n2ccnc2C(F)(F)F)cc1Br. The number of benzene rings is 1. The summed E-state index contributed by atoms with van der Waals surface area (Å²) in [5.74, 6) is -1.74. The van der Waals surface area contributed by atoms with Crippen molar-refractivity contribution in [1.82, 2.24) is 9.55 Å². The first-order chi connectivity index (χ1) is 9.58. The molecule has 0 bridgehead atoms. The van der Waals surface area contributed by atoms with Gasteiger partial charge in [-0.3, -0.25) is 4.57 Å². The fourth-order valence-corrected chi connectivity index (χ4v) is 2.02. The minimum atomic E-state index is -4.89. The monoisotopic (exact) mass is 374 g/mol. The quantitative estimate of drug-likeness (QED) is 0.721. The Kier molecular flexibility index (Phi) is 3.91. The predicted octanol–water partition coefficient (Wildman–Crippen LogP) is 4.55. The van der Waals surface area contributed by atoms with Crippen LogP contribution in [-0.2, 0) is 6.18 Å². The Morgan fingerprint density at radius 2 is 1.76 bits per heavy atom. The standard InChI is InChI=1S/C11H5BrF6N2O/c12-7-5-6(1-2-8(7)21-11(16,17)18)20-4-3-19-9(20)10(13,14)15/h1-5H. The maximum absolute atomic E-state index is 12.7. The number of halogens is 7. The third-order valence-corrected chi connectivity index (χ3v) is 2.93. The highest BCUT2D eigenvalue weighted by molar-refractivity contribution is 9.10. The predicted molar refractivity (Wildman–Crippen MR) is 62.9 cm³/mol. The van der Waals surface area contributed by atoms with Gasteiger partial charge in [0.1, 0.15) is 5.75 Å². The van der Waals surface area contributed by atoms with Crippen LogP contribution in [0.3, 0.4) is 0 Å². The van der Waals surface area contributed by atoms with Gasteiger partial charge in [0.15, 0.2) is 0 Å². The first kappa shape index (κ1) is 15.7. The largest absolute Gasteiger partial charge is 0.573 e. The number of nitrogens with zero attached hydrogens (tertiary/aromatic N) is 2. The number of rotatable bonds is 2. The first-order valence-corrected chi connectivity index (χ1v) is 6.03. The lowest BCUT2D eigenvalue weighted by molar-refractivity contribution is -0.274. The lowest BCUT2D eigenvalue weighted by atomic mass is 10.3. The molecule has 1 aromatic carbocycles. The van der Waals surface area contributed by atoms with E-state index in [9.17, 15) is 26.3 Å². The van der Waals surface area contributed by atoms with Crippen LogP contribution in [0.4, 0.5) is 26.3 Å². The minimum Gasteiger partial charge on any atom is -0.405 e. The van der Waals surface area contributed by atoms with Gasteiger partial charge >= 0.3 is 12.5 Å². The van der Waals surface area contributed by atoms with Crippen molar-refractivity contribution < 1.29 is 31.1 Å². The second-order valence-corrected chi connectivity index (χ2v) is 4.64. The second kappa shape index (κ2) is 5.24. The Balaban J connectivity index is 2.40. The highest BCUT2D eigenvalue weighted by atomic mass is 79.9. The van der Waals surface area contributed by atoms with Gasteiger partial charge in [0.25, 0.3) is 0 Å². The molecule has 0 atom stereocenters. The van der Waals surface area contributed by atoms with Crippen molar-refractivity contribution in [2.24, 2.45) is 0 Å². The molecule has 21 heavy (non-hydrogen) atoms. The molecule has 0 aliphatic heterocycles. The Bertz CT molecular complexity index is 649. The number of aromatic nitrogens is 2. The van der Waals surface area contributed by atoms with Crippen molar-refractivity contribution in [2.45, 2.75) is 12.5 Å². The molecule has 0 unspecified atom stereocenters. The smallest absolute Gasteiger partial charge is 0.405 e. The zero-order valence-corrected chi connectivity index (χ0v) is 11.4. The Morgan fingerprint density at radius 1 is 1.10 bits per heavy atom. The van der Waals surface area contributed by atoms with Crippen molar-refractivity contribution >= 4 is 15.9 Å². The average Bonchev–Trinajstić information content (AvgIpc) is 2.78. The molecule has 0 spiro atoms. The van der Waals surface area contributed by atoms with Crippen LogP contribution >= 0.6 is 15.9 Å². The number of ether oxygens (including phenoxy) is 1. The molecule has 0 aliphatic rings. The van der Waals surface area contributed by atoms with Crippen molar-refractivity contribution in [3.05, 3.63) is 40.9 Å². The fraction of sp³-hybridized carbons (Fsp3) is 0.182. The van der Waals surface area contributed by atoms with E-state index in [1.165, 1.54) is 0 Å². The number of hydrogen-bond donors (Lipinski definition) is 0. The molecule has 0 saturated carbocycles. The molecular formula is C11H5BrF6N2O. The van der Waals surface area contributed by atoms with Crippen LogP contribution in [0.15, 0.2) is 35.1 Å². The summed E-state index contributed by atoms with van der Waals surface area (Å²) in [6, 6.07) is 3.04. The summed E-state index contributed by atoms with van der Waals surface area (Å²) in [6.45, 7) is 0. The van der Waals surface area contributed by atoms with E-state index in [4.69, 9.17) is 0 Å². The molecule has 0 N–H and O–H groups in total. The molecule has 3 nitrogen and oxygen atoms in total. The molecule has 0 fully saturated rings. The summed E-state index contributed by atoms with van der Waals surface area (Å²) >= 11 is 2.82. The van der Waals surface area contributed by atoms with E-state index in [1.54, 1.807) is 0 Å².